The fourth-order valence-electron chi connectivity index (χ4n) is 2.49. The van der Waals surface area contributed by atoms with E-state index in [0.29, 0.717) is 18.8 Å². The van der Waals surface area contributed by atoms with Crippen molar-refractivity contribution in [2.75, 3.05) is 19.7 Å². The fraction of sp³-hybridized carbons (Fsp3) is 0.706. The van der Waals surface area contributed by atoms with Crippen molar-refractivity contribution in [3.05, 3.63) is 27.7 Å². The van der Waals surface area contributed by atoms with Gasteiger partial charge in [0.25, 0.3) is 0 Å². The van der Waals surface area contributed by atoms with Crippen LogP contribution in [0.4, 0.5) is 0 Å². The minimum atomic E-state index is -0.297. The average Bonchev–Trinajstić information content (AvgIpc) is 2.47. The zero-order valence-electron chi connectivity index (χ0n) is 14.6. The van der Waals surface area contributed by atoms with Crippen LogP contribution in [0, 0.1) is 6.92 Å². The summed E-state index contributed by atoms with van der Waals surface area (Å²) < 4.78 is 7.61. The molecule has 0 aliphatic carbocycles. The molecule has 1 aromatic rings. The van der Waals surface area contributed by atoms with Crippen LogP contribution in [-0.2, 0) is 17.8 Å². The molecule has 0 unspecified atom stereocenters. The van der Waals surface area contributed by atoms with Crippen molar-refractivity contribution in [1.29, 1.82) is 0 Å². The van der Waals surface area contributed by atoms with Gasteiger partial charge in [0.1, 0.15) is 0 Å². The van der Waals surface area contributed by atoms with Crippen LogP contribution in [0.1, 0.15) is 45.5 Å². The largest absolute Gasteiger partial charge is 0.503 e. The van der Waals surface area contributed by atoms with Gasteiger partial charge in [-0.05, 0) is 40.3 Å². The molecule has 1 rings (SSSR count). The number of nitrogens with zero attached hydrogens (tertiary/aromatic N) is 2. The number of aromatic hydroxyl groups is 1. The van der Waals surface area contributed by atoms with Crippen molar-refractivity contribution in [3.8, 4) is 5.75 Å². The van der Waals surface area contributed by atoms with Gasteiger partial charge in [0.15, 0.2) is 5.75 Å². The maximum absolute atomic E-state index is 11.9. The molecule has 0 saturated carbocycles. The maximum atomic E-state index is 11.9. The van der Waals surface area contributed by atoms with Crippen molar-refractivity contribution in [2.45, 2.75) is 60.2 Å². The Bertz CT molecular complexity index is 519. The molecule has 0 aromatic carbocycles. The van der Waals surface area contributed by atoms with Gasteiger partial charge in [-0.15, -0.1) is 0 Å². The van der Waals surface area contributed by atoms with Crippen molar-refractivity contribution in [3.63, 3.8) is 0 Å². The molecule has 1 heterocycles. The van der Waals surface area contributed by atoms with E-state index in [-0.39, 0.29) is 17.3 Å². The molecule has 0 saturated heterocycles. The standard InChI is InChI=1S/C17H30N2O3/c1-6-18(7-2)12-15-17(21)16(20)11-14(5)19(15)9-8-10-22-13(3)4/h11,13,21H,6-10,12H2,1-5H3. The van der Waals surface area contributed by atoms with Crippen molar-refractivity contribution >= 4 is 0 Å². The summed E-state index contributed by atoms with van der Waals surface area (Å²) in [4.78, 5) is 14.1. The zero-order valence-corrected chi connectivity index (χ0v) is 14.6. The van der Waals surface area contributed by atoms with Crippen LogP contribution in [0.2, 0.25) is 0 Å². The molecule has 0 aliphatic heterocycles. The molecule has 1 N–H and O–H groups in total. The Morgan fingerprint density at radius 1 is 1.32 bits per heavy atom. The third-order valence-electron chi connectivity index (χ3n) is 3.84. The van der Waals surface area contributed by atoms with E-state index >= 15 is 0 Å². The Labute approximate surface area is 133 Å². The van der Waals surface area contributed by atoms with Gasteiger partial charge in [0, 0.05) is 31.5 Å². The normalized spacial score (nSPS) is 11.6. The van der Waals surface area contributed by atoms with Crippen LogP contribution in [0.15, 0.2) is 10.9 Å². The predicted molar refractivity (Wildman–Crippen MR) is 89.4 cm³/mol. The number of aromatic nitrogens is 1. The second-order valence-electron chi connectivity index (χ2n) is 5.83. The zero-order chi connectivity index (χ0) is 16.7. The molecular weight excluding hydrogens is 280 g/mol. The lowest BCUT2D eigenvalue weighted by Crippen LogP contribution is -2.27. The van der Waals surface area contributed by atoms with Crippen molar-refractivity contribution in [2.24, 2.45) is 0 Å². The molecule has 5 heteroatoms. The van der Waals surface area contributed by atoms with E-state index in [1.807, 2.05) is 25.3 Å². The fourth-order valence-corrected chi connectivity index (χ4v) is 2.49. The second kappa shape index (κ2) is 8.96. The van der Waals surface area contributed by atoms with Crippen molar-refractivity contribution < 1.29 is 9.84 Å². The van der Waals surface area contributed by atoms with Gasteiger partial charge < -0.3 is 14.4 Å². The smallest absolute Gasteiger partial charge is 0.223 e. The molecule has 0 spiro atoms. The van der Waals surface area contributed by atoms with Crippen molar-refractivity contribution in [1.82, 2.24) is 9.47 Å². The third-order valence-corrected chi connectivity index (χ3v) is 3.84. The summed E-state index contributed by atoms with van der Waals surface area (Å²) in [6.07, 6.45) is 1.07. The van der Waals surface area contributed by atoms with Gasteiger partial charge in [0.2, 0.25) is 5.43 Å². The quantitative estimate of drug-likeness (QED) is 0.712. The first kappa shape index (κ1) is 18.7. The van der Waals surface area contributed by atoms with E-state index in [2.05, 4.69) is 18.7 Å². The number of hydrogen-bond donors (Lipinski definition) is 1. The van der Waals surface area contributed by atoms with Gasteiger partial charge in [0.05, 0.1) is 11.8 Å². The third kappa shape index (κ3) is 5.14. The van der Waals surface area contributed by atoms with Crippen LogP contribution in [0.5, 0.6) is 5.75 Å². The molecule has 0 radical (unpaired) electrons. The van der Waals surface area contributed by atoms with Gasteiger partial charge in [-0.3, -0.25) is 9.69 Å². The number of pyridine rings is 1. The number of aryl methyl sites for hydroxylation is 1. The molecule has 0 amide bonds. The van der Waals surface area contributed by atoms with Gasteiger partial charge in [-0.1, -0.05) is 13.8 Å². The first-order valence-electron chi connectivity index (χ1n) is 8.16. The van der Waals surface area contributed by atoms with Gasteiger partial charge >= 0.3 is 0 Å². The van der Waals surface area contributed by atoms with E-state index in [1.54, 1.807) is 0 Å². The molecule has 1 aromatic heterocycles. The highest BCUT2D eigenvalue weighted by molar-refractivity contribution is 5.29. The highest BCUT2D eigenvalue weighted by Crippen LogP contribution is 2.17. The van der Waals surface area contributed by atoms with E-state index in [0.717, 1.165) is 31.7 Å². The maximum Gasteiger partial charge on any atom is 0.223 e. The molecule has 0 bridgehead atoms. The monoisotopic (exact) mass is 310 g/mol. The Balaban J connectivity index is 2.97. The molecule has 126 valence electrons. The summed E-state index contributed by atoms with van der Waals surface area (Å²) in [5.74, 6) is -0.123. The number of hydrogen-bond acceptors (Lipinski definition) is 4. The Kier molecular flexibility index (Phi) is 7.62. The lowest BCUT2D eigenvalue weighted by Gasteiger charge is -2.23. The minimum absolute atomic E-state index is 0.123. The van der Waals surface area contributed by atoms with Crippen LogP contribution < -0.4 is 5.43 Å². The minimum Gasteiger partial charge on any atom is -0.503 e. The SMILES string of the molecule is CCN(CC)Cc1c(O)c(=O)cc(C)n1CCCOC(C)C. The lowest BCUT2D eigenvalue weighted by molar-refractivity contribution is 0.0745. The van der Waals surface area contributed by atoms with E-state index in [4.69, 9.17) is 4.74 Å². The van der Waals surface area contributed by atoms with Crippen LogP contribution >= 0.6 is 0 Å². The van der Waals surface area contributed by atoms with E-state index in [9.17, 15) is 9.90 Å². The van der Waals surface area contributed by atoms with Crippen LogP contribution in [0.3, 0.4) is 0 Å². The summed E-state index contributed by atoms with van der Waals surface area (Å²) in [7, 11) is 0. The highest BCUT2D eigenvalue weighted by atomic mass is 16.5. The van der Waals surface area contributed by atoms with Crippen LogP contribution in [-0.4, -0.2) is 40.4 Å². The number of ether oxygens (including phenoxy) is 1. The summed E-state index contributed by atoms with van der Waals surface area (Å²) in [5, 5.41) is 10.2. The highest BCUT2D eigenvalue weighted by Gasteiger charge is 2.15. The van der Waals surface area contributed by atoms with E-state index in [1.165, 1.54) is 6.07 Å². The second-order valence-corrected chi connectivity index (χ2v) is 5.83. The van der Waals surface area contributed by atoms with Gasteiger partial charge in [-0.25, -0.2) is 0 Å². The topological polar surface area (TPSA) is 54.7 Å². The first-order valence-corrected chi connectivity index (χ1v) is 8.16. The Hall–Kier alpha value is -1.33. The Morgan fingerprint density at radius 3 is 2.50 bits per heavy atom. The molecule has 0 atom stereocenters. The molecular formula is C17H30N2O3. The summed E-state index contributed by atoms with van der Waals surface area (Å²) in [5.41, 5.74) is 1.29. The average molecular weight is 310 g/mol. The molecule has 5 nitrogen and oxygen atoms in total. The lowest BCUT2D eigenvalue weighted by atomic mass is 10.2. The predicted octanol–water partition coefficient (Wildman–Crippen LogP) is 2.52. The number of rotatable bonds is 9. The summed E-state index contributed by atoms with van der Waals surface area (Å²) in [6.45, 7) is 13.9. The van der Waals surface area contributed by atoms with E-state index < -0.39 is 0 Å². The molecule has 0 fully saturated rings. The molecule has 0 aliphatic rings. The molecule has 22 heavy (non-hydrogen) atoms. The first-order chi connectivity index (χ1) is 10.4. The summed E-state index contributed by atoms with van der Waals surface area (Å²) >= 11 is 0. The Morgan fingerprint density at radius 2 is 1.95 bits per heavy atom. The summed E-state index contributed by atoms with van der Waals surface area (Å²) in [6, 6.07) is 1.50. The van der Waals surface area contributed by atoms with Gasteiger partial charge in [-0.2, -0.15) is 0 Å². The van der Waals surface area contributed by atoms with Crippen LogP contribution in [0.25, 0.3) is 0 Å².